The Bertz CT molecular complexity index is 4750. The number of aromatic amines is 3. The third-order valence-corrected chi connectivity index (χ3v) is 15.7. The van der Waals surface area contributed by atoms with E-state index in [1.165, 1.54) is 6.92 Å². The van der Waals surface area contributed by atoms with E-state index < -0.39 is 12.2 Å². The second kappa shape index (κ2) is 32.7. The van der Waals surface area contributed by atoms with Gasteiger partial charge in [0, 0.05) is 135 Å². The van der Waals surface area contributed by atoms with Gasteiger partial charge >= 0.3 is 24.2 Å². The van der Waals surface area contributed by atoms with Crippen LogP contribution in [0.1, 0.15) is 44.0 Å². The number of carbonyl (C=O) groups is 4. The molecule has 510 valence electrons. The van der Waals surface area contributed by atoms with Crippen LogP contribution in [0.15, 0.2) is 147 Å². The zero-order valence-corrected chi connectivity index (χ0v) is 55.2. The summed E-state index contributed by atoms with van der Waals surface area (Å²) in [4.78, 5) is 115. The topological polar surface area (TPSA) is 371 Å². The fraction of sp³-hybridized carbons (Fsp3) is 0.257. The van der Waals surface area contributed by atoms with Crippen LogP contribution in [0.25, 0.3) is 100 Å². The van der Waals surface area contributed by atoms with Crippen molar-refractivity contribution in [3.63, 3.8) is 0 Å². The van der Waals surface area contributed by atoms with Crippen LogP contribution in [0.4, 0.5) is 32.2 Å². The van der Waals surface area contributed by atoms with Crippen molar-refractivity contribution in [2.45, 2.75) is 34.2 Å². The predicted octanol–water partition coefficient (Wildman–Crippen LogP) is 10.3. The zero-order valence-electron chi connectivity index (χ0n) is 55.2. The lowest BCUT2D eigenvalue weighted by molar-refractivity contribution is 0.0317. The molecule has 0 atom stereocenters. The van der Waals surface area contributed by atoms with Crippen molar-refractivity contribution in [1.29, 1.82) is 0 Å². The van der Waals surface area contributed by atoms with Gasteiger partial charge in [-0.25, -0.2) is 59.2 Å². The molecule has 12 aromatic rings. The standard InChI is InChI=1S/C24H27N9O3.C24H25N7O3.C22H19N5O3/c1-2-25-23(34)32-22-30-19-13-16(12-18(20(19)31-22)21-26-4-3-5-27-21)17-14-28-24(29-15-17)36-11-8-33-6-9-35-10-7-33;1-2-34-24(32)30-23-28-20-12-16(11-18(22(20)29-23)19-5-3-4-6-25-19)17-13-26-21(27-14-17)15-31-7-9-33-10-8-31;1-3-30-22(29)27-21-25-19-11-15(14-7-8-17(13(2)28)24-12-14)10-16(20(19)26-21)18-6-4-5-9-23-18/h3-5,12-15H,2,6-11H2,1H3,(H3,25,30,31,32,34);3-6,11-14H,2,7-10,15H2,1H3,(H2,28,29,30,32);4-12H,3H2,1-2H3,(H2,25,26,27,29). The quantitative estimate of drug-likeness (QED) is 0.0370. The van der Waals surface area contributed by atoms with Crippen molar-refractivity contribution in [3.05, 3.63) is 158 Å². The van der Waals surface area contributed by atoms with E-state index in [2.05, 4.69) is 106 Å². The van der Waals surface area contributed by atoms with Gasteiger partial charge in [0.2, 0.25) is 17.8 Å². The molecule has 30 heteroatoms. The van der Waals surface area contributed by atoms with Crippen LogP contribution in [0.2, 0.25) is 0 Å². The summed E-state index contributed by atoms with van der Waals surface area (Å²) >= 11 is 0. The molecule has 0 bridgehead atoms. The Morgan fingerprint density at radius 1 is 0.500 bits per heavy atom. The summed E-state index contributed by atoms with van der Waals surface area (Å²) in [5, 5.41) is 10.6. The third-order valence-electron chi connectivity index (χ3n) is 15.7. The molecule has 7 N–H and O–H groups in total. The molecule has 11 heterocycles. The monoisotopic (exact) mass is 1350 g/mol. The maximum Gasteiger partial charge on any atom is 0.413 e. The van der Waals surface area contributed by atoms with Gasteiger partial charge in [-0.2, -0.15) is 0 Å². The van der Waals surface area contributed by atoms with Crippen LogP contribution >= 0.6 is 0 Å². The number of anilines is 3. The number of urea groups is 1. The summed E-state index contributed by atoms with van der Waals surface area (Å²) in [6, 6.07) is 28.3. The summed E-state index contributed by atoms with van der Waals surface area (Å²) < 4.78 is 26.4. The number of fused-ring (bicyclic) bond motifs is 3. The van der Waals surface area contributed by atoms with Gasteiger partial charge in [-0.05, 0) is 110 Å². The predicted molar refractivity (Wildman–Crippen MR) is 374 cm³/mol. The first kappa shape index (κ1) is 67.8. The van der Waals surface area contributed by atoms with Gasteiger partial charge in [-0.1, -0.05) is 18.2 Å². The Morgan fingerprint density at radius 3 is 1.47 bits per heavy atom. The fourth-order valence-electron chi connectivity index (χ4n) is 10.9. The van der Waals surface area contributed by atoms with Gasteiger partial charge in [0.05, 0.1) is 85.2 Å². The number of Topliss-reactive ketones (excluding diaryl/α,β-unsaturated/α-hetero) is 1. The van der Waals surface area contributed by atoms with Gasteiger partial charge in [-0.3, -0.25) is 45.5 Å². The molecule has 2 aliphatic rings. The van der Waals surface area contributed by atoms with Gasteiger partial charge < -0.3 is 44.0 Å². The SMILES string of the molecule is CCNC(=O)Nc1nc2c(-c3ncccn3)cc(-c3cnc(OCCN4CCOCC4)nc3)cc2[nH]1.CCOC(=O)Nc1nc2c(-c3ccccn3)cc(-c3ccc(C(C)=O)nc3)cc2[nH]1.CCOC(=O)Nc1nc2c(-c3ccccn3)cc(-c3cnc(CN4CCOCC4)nc3)cc2[nH]1. The number of aromatic nitrogens is 15. The van der Waals surface area contributed by atoms with Crippen LogP contribution in [-0.4, -0.2) is 194 Å². The van der Waals surface area contributed by atoms with E-state index in [4.69, 9.17) is 23.7 Å². The molecule has 0 radical (unpaired) electrons. The van der Waals surface area contributed by atoms with Crippen LogP contribution in [0.5, 0.6) is 6.01 Å². The van der Waals surface area contributed by atoms with Crippen molar-refractivity contribution < 1.29 is 42.9 Å². The molecule has 2 aliphatic heterocycles. The number of rotatable bonds is 19. The minimum atomic E-state index is -0.583. The van der Waals surface area contributed by atoms with Gasteiger partial charge in [0.15, 0.2) is 11.6 Å². The van der Waals surface area contributed by atoms with E-state index in [-0.39, 0.29) is 31.0 Å². The molecule has 4 amide bonds. The number of carbonyl (C=O) groups excluding carboxylic acids is 4. The van der Waals surface area contributed by atoms with Crippen LogP contribution in [0.3, 0.4) is 0 Å². The van der Waals surface area contributed by atoms with Crippen LogP contribution < -0.4 is 26.0 Å². The summed E-state index contributed by atoms with van der Waals surface area (Å²) in [5.74, 6) is 2.12. The molecule has 9 aromatic heterocycles. The lowest BCUT2D eigenvalue weighted by atomic mass is 10.0. The molecule has 0 spiro atoms. The highest BCUT2D eigenvalue weighted by atomic mass is 16.6. The first-order chi connectivity index (χ1) is 48.9. The normalized spacial score (nSPS) is 13.1. The third kappa shape index (κ3) is 17.3. The molecule has 100 heavy (non-hydrogen) atoms. The number of amides is 4. The number of ether oxygens (including phenoxy) is 5. The lowest BCUT2D eigenvalue weighted by Crippen LogP contribution is -2.38. The molecule has 3 aromatic carbocycles. The highest BCUT2D eigenvalue weighted by Gasteiger charge is 2.21. The van der Waals surface area contributed by atoms with Gasteiger partial charge in [0.25, 0.3) is 0 Å². The van der Waals surface area contributed by atoms with E-state index in [1.54, 1.807) is 69.4 Å². The summed E-state index contributed by atoms with van der Waals surface area (Å²) in [5.41, 5.74) is 13.6. The molecule has 14 rings (SSSR count). The Kier molecular flexibility index (Phi) is 22.2. The molecule has 30 nitrogen and oxygen atoms in total. The Labute approximate surface area is 572 Å². The number of pyridine rings is 3. The molecule has 2 saturated heterocycles. The van der Waals surface area contributed by atoms with E-state index in [1.807, 2.05) is 98.2 Å². The van der Waals surface area contributed by atoms with E-state index >= 15 is 0 Å². The number of hydrogen-bond acceptors (Lipinski definition) is 23. The fourth-order valence-corrected chi connectivity index (χ4v) is 10.9. The Balaban J connectivity index is 0.000000143. The maximum absolute atomic E-state index is 12.0. The number of nitrogens with one attached hydrogen (secondary N) is 7. The van der Waals surface area contributed by atoms with Crippen molar-refractivity contribution in [2.75, 3.05) is 101 Å². The average Bonchev–Trinajstić information content (AvgIpc) is 1.43. The van der Waals surface area contributed by atoms with E-state index in [0.29, 0.717) is 76.8 Å². The number of nitrogens with zero attached hydrogens (tertiary/aromatic N) is 14. The van der Waals surface area contributed by atoms with Gasteiger partial charge in [-0.15, -0.1) is 0 Å². The molecule has 2 fully saturated rings. The van der Waals surface area contributed by atoms with Crippen molar-refractivity contribution in [1.82, 2.24) is 89.9 Å². The first-order valence-electron chi connectivity index (χ1n) is 32.4. The number of morpholine rings is 2. The van der Waals surface area contributed by atoms with Crippen molar-refractivity contribution in [2.24, 2.45) is 0 Å². The second-order valence-electron chi connectivity index (χ2n) is 22.5. The summed E-state index contributed by atoms with van der Waals surface area (Å²) in [6.45, 7) is 16.4. The Hall–Kier alpha value is -12.1. The van der Waals surface area contributed by atoms with Crippen molar-refractivity contribution in [3.8, 4) is 73.3 Å². The smallest absolute Gasteiger partial charge is 0.413 e. The number of ketones is 1. The second-order valence-corrected chi connectivity index (χ2v) is 22.5. The molecule has 0 aliphatic carbocycles. The number of benzene rings is 3. The zero-order chi connectivity index (χ0) is 69.2. The first-order valence-corrected chi connectivity index (χ1v) is 32.4. The molecule has 0 unspecified atom stereocenters. The maximum atomic E-state index is 12.0. The number of hydrogen-bond donors (Lipinski definition) is 7. The summed E-state index contributed by atoms with van der Waals surface area (Å²) in [6.07, 6.45) is 14.4. The van der Waals surface area contributed by atoms with Crippen molar-refractivity contribution >= 4 is 74.9 Å². The average molecular weight is 1350 g/mol. The number of H-pyrrole nitrogens is 3. The number of imidazole rings is 3. The van der Waals surface area contributed by atoms with Crippen LogP contribution in [-0.2, 0) is 25.5 Å². The minimum Gasteiger partial charge on any atom is -0.462 e. The molecular formula is C70H71N21O9. The Morgan fingerprint density at radius 2 is 0.980 bits per heavy atom. The minimum absolute atomic E-state index is 0.0885. The highest BCUT2D eigenvalue weighted by Crippen LogP contribution is 2.36. The molecule has 0 saturated carbocycles. The van der Waals surface area contributed by atoms with Gasteiger partial charge in [0.1, 0.15) is 23.6 Å². The highest BCUT2D eigenvalue weighted by molar-refractivity contribution is 6.00. The largest absolute Gasteiger partial charge is 0.462 e. The van der Waals surface area contributed by atoms with E-state index in [0.717, 1.165) is 132 Å². The van der Waals surface area contributed by atoms with Crippen LogP contribution in [0, 0.1) is 0 Å². The lowest BCUT2D eigenvalue weighted by Gasteiger charge is -2.26. The molecular weight excluding hydrogens is 1280 g/mol. The van der Waals surface area contributed by atoms with E-state index in [9.17, 15) is 19.2 Å². The summed E-state index contributed by atoms with van der Waals surface area (Å²) in [7, 11) is 0.